The van der Waals surface area contributed by atoms with Gasteiger partial charge in [-0.15, -0.1) is 22.7 Å². The highest BCUT2D eigenvalue weighted by Gasteiger charge is 2.47. The molecule has 1 saturated heterocycles. The Balaban J connectivity index is 1.18. The fraction of sp³-hybridized carbons (Fsp3) is 0.321. The third-order valence-electron chi connectivity index (χ3n) is 7.56. The number of carbonyl (C=O) groups excluding carboxylic acids is 1. The quantitative estimate of drug-likeness (QED) is 0.249. The minimum absolute atomic E-state index is 0.0486. The minimum atomic E-state index is -0.0486. The van der Waals surface area contributed by atoms with Crippen LogP contribution in [0.2, 0.25) is 10.0 Å². The van der Waals surface area contributed by atoms with Crippen LogP contribution in [-0.4, -0.2) is 47.0 Å². The Morgan fingerprint density at radius 3 is 2.73 bits per heavy atom. The van der Waals surface area contributed by atoms with E-state index in [0.29, 0.717) is 16.5 Å². The van der Waals surface area contributed by atoms with Crippen LogP contribution in [0.25, 0.3) is 16.3 Å². The SMILES string of the molecule is O=C(CCc1cncs1)N1CC2(CCN(C/C=C/c3ccc(Cl)c(Cl)c3)CC2)c2c1ccc1scnc21. The van der Waals surface area contributed by atoms with Crippen LogP contribution in [0, 0.1) is 0 Å². The number of amides is 1. The van der Waals surface area contributed by atoms with Crippen molar-refractivity contribution < 1.29 is 4.79 Å². The fourth-order valence-electron chi connectivity index (χ4n) is 5.61. The van der Waals surface area contributed by atoms with E-state index in [4.69, 9.17) is 28.2 Å². The van der Waals surface area contributed by atoms with Crippen molar-refractivity contribution >= 4 is 73.8 Å². The average Bonchev–Trinajstić information content (AvgIpc) is 3.65. The molecular weight excluding hydrogens is 543 g/mol. The molecule has 0 N–H and O–H groups in total. The van der Waals surface area contributed by atoms with Crippen LogP contribution < -0.4 is 4.90 Å². The first-order chi connectivity index (χ1) is 18.0. The van der Waals surface area contributed by atoms with E-state index in [0.717, 1.165) is 67.1 Å². The Hall–Kier alpha value is -2.29. The minimum Gasteiger partial charge on any atom is -0.311 e. The summed E-state index contributed by atoms with van der Waals surface area (Å²) in [6.45, 7) is 3.58. The second-order valence-electron chi connectivity index (χ2n) is 9.76. The van der Waals surface area contributed by atoms with Crippen LogP contribution in [0.15, 0.2) is 53.6 Å². The molecule has 4 heterocycles. The number of aromatic nitrogens is 2. The highest BCUT2D eigenvalue weighted by Crippen LogP contribution is 2.50. The van der Waals surface area contributed by atoms with Crippen molar-refractivity contribution in [1.29, 1.82) is 0 Å². The molecule has 0 aliphatic carbocycles. The van der Waals surface area contributed by atoms with Crippen LogP contribution in [0.3, 0.4) is 0 Å². The van der Waals surface area contributed by atoms with Crippen LogP contribution in [0.4, 0.5) is 5.69 Å². The molecule has 1 fully saturated rings. The number of nitrogens with zero attached hydrogens (tertiary/aromatic N) is 4. The lowest BCUT2D eigenvalue weighted by atomic mass is 9.74. The number of carbonyl (C=O) groups is 1. The number of piperidine rings is 1. The number of rotatable bonds is 6. The molecule has 1 amide bonds. The number of fused-ring (bicyclic) bond motifs is 4. The van der Waals surface area contributed by atoms with Gasteiger partial charge in [0.2, 0.25) is 5.91 Å². The molecular formula is C28H26Cl2N4OS2. The summed E-state index contributed by atoms with van der Waals surface area (Å²) in [5.41, 5.74) is 8.17. The molecule has 190 valence electrons. The summed E-state index contributed by atoms with van der Waals surface area (Å²) in [6, 6.07) is 9.96. The monoisotopic (exact) mass is 568 g/mol. The lowest BCUT2D eigenvalue weighted by molar-refractivity contribution is -0.118. The van der Waals surface area contributed by atoms with Gasteiger partial charge in [-0.3, -0.25) is 14.7 Å². The predicted molar refractivity (Wildman–Crippen MR) is 155 cm³/mol. The van der Waals surface area contributed by atoms with Gasteiger partial charge in [0, 0.05) is 47.3 Å². The lowest BCUT2D eigenvalue weighted by Crippen LogP contribution is -2.46. The largest absolute Gasteiger partial charge is 0.311 e. The second-order valence-corrected chi connectivity index (χ2v) is 12.4. The van der Waals surface area contributed by atoms with E-state index < -0.39 is 0 Å². The molecule has 0 radical (unpaired) electrons. The van der Waals surface area contributed by atoms with Crippen molar-refractivity contribution in [2.24, 2.45) is 0 Å². The van der Waals surface area contributed by atoms with Gasteiger partial charge in [-0.2, -0.15) is 0 Å². The molecule has 0 saturated carbocycles. The standard InChI is InChI=1S/C28H26Cl2N4OS2/c29-21-5-3-19(14-22(21)30)2-1-11-33-12-9-28(10-13-33)16-34(25(35)8-4-20-15-31-17-36-20)23-6-7-24-27(26(23)28)32-18-37-24/h1-3,5-7,14-15,17-18H,4,8-13,16H2/b2-1+. The van der Waals surface area contributed by atoms with E-state index >= 15 is 0 Å². The van der Waals surface area contributed by atoms with Crippen molar-refractivity contribution in [3.05, 3.63) is 79.7 Å². The van der Waals surface area contributed by atoms with E-state index in [9.17, 15) is 4.79 Å². The van der Waals surface area contributed by atoms with Crippen LogP contribution in [-0.2, 0) is 16.6 Å². The Kier molecular flexibility index (Phi) is 7.07. The van der Waals surface area contributed by atoms with Crippen molar-refractivity contribution in [1.82, 2.24) is 14.9 Å². The maximum Gasteiger partial charge on any atom is 0.227 e. The van der Waals surface area contributed by atoms with E-state index in [1.54, 1.807) is 22.7 Å². The summed E-state index contributed by atoms with van der Waals surface area (Å²) < 4.78 is 1.20. The zero-order chi connectivity index (χ0) is 25.4. The molecule has 4 aromatic rings. The van der Waals surface area contributed by atoms with Gasteiger partial charge in [0.25, 0.3) is 0 Å². The van der Waals surface area contributed by atoms with Crippen LogP contribution in [0.5, 0.6) is 0 Å². The summed E-state index contributed by atoms with van der Waals surface area (Å²) >= 11 is 15.5. The molecule has 0 bridgehead atoms. The highest BCUT2D eigenvalue weighted by atomic mass is 35.5. The molecule has 5 nitrogen and oxygen atoms in total. The van der Waals surface area contributed by atoms with Crippen molar-refractivity contribution in [3.8, 4) is 0 Å². The lowest BCUT2D eigenvalue weighted by Gasteiger charge is -2.39. The molecule has 6 rings (SSSR count). The van der Waals surface area contributed by atoms with Gasteiger partial charge >= 0.3 is 0 Å². The number of hydrogen-bond acceptors (Lipinski definition) is 6. The zero-order valence-corrected chi connectivity index (χ0v) is 23.3. The second kappa shape index (κ2) is 10.5. The summed E-state index contributed by atoms with van der Waals surface area (Å²) in [6.07, 6.45) is 9.40. The number of benzene rings is 2. The van der Waals surface area contributed by atoms with E-state index in [1.165, 1.54) is 10.3 Å². The number of anilines is 1. The predicted octanol–water partition coefficient (Wildman–Crippen LogP) is 7.09. The number of aryl methyl sites for hydroxylation is 1. The Bertz CT molecular complexity index is 1460. The van der Waals surface area contributed by atoms with Crippen molar-refractivity contribution in [2.75, 3.05) is 31.1 Å². The van der Waals surface area contributed by atoms with Gasteiger partial charge < -0.3 is 4.90 Å². The Morgan fingerprint density at radius 1 is 1.08 bits per heavy atom. The third-order valence-corrected chi connectivity index (χ3v) is 9.94. The molecule has 0 atom stereocenters. The molecule has 0 unspecified atom stereocenters. The third kappa shape index (κ3) is 4.95. The topological polar surface area (TPSA) is 49.3 Å². The summed E-state index contributed by atoms with van der Waals surface area (Å²) in [5, 5.41) is 1.14. The van der Waals surface area contributed by atoms with E-state index in [-0.39, 0.29) is 11.3 Å². The first-order valence-corrected chi connectivity index (χ1v) is 14.9. The molecule has 9 heteroatoms. The molecule has 2 aliphatic heterocycles. The first-order valence-electron chi connectivity index (χ1n) is 12.4. The van der Waals surface area contributed by atoms with Crippen molar-refractivity contribution in [3.63, 3.8) is 0 Å². The molecule has 2 aliphatic rings. The van der Waals surface area contributed by atoms with Gasteiger partial charge in [0.05, 0.1) is 31.3 Å². The normalized spacial score (nSPS) is 17.3. The first kappa shape index (κ1) is 25.0. The Morgan fingerprint density at radius 2 is 1.95 bits per heavy atom. The number of likely N-dealkylation sites (tertiary alicyclic amines) is 1. The molecule has 37 heavy (non-hydrogen) atoms. The number of hydrogen-bond donors (Lipinski definition) is 0. The molecule has 2 aromatic heterocycles. The van der Waals surface area contributed by atoms with Crippen LogP contribution >= 0.6 is 45.9 Å². The summed E-state index contributed by atoms with van der Waals surface area (Å²) in [7, 11) is 0. The summed E-state index contributed by atoms with van der Waals surface area (Å²) in [4.78, 5) is 28.0. The van der Waals surface area contributed by atoms with Gasteiger partial charge in [-0.05, 0) is 62.2 Å². The average molecular weight is 570 g/mol. The maximum atomic E-state index is 13.4. The molecule has 2 aromatic carbocycles. The van der Waals surface area contributed by atoms with Crippen LogP contribution in [0.1, 0.15) is 35.3 Å². The van der Waals surface area contributed by atoms with E-state index in [1.807, 2.05) is 40.3 Å². The van der Waals surface area contributed by atoms with Gasteiger partial charge in [-0.1, -0.05) is 41.4 Å². The van der Waals surface area contributed by atoms with E-state index in [2.05, 4.69) is 34.2 Å². The van der Waals surface area contributed by atoms with Gasteiger partial charge in [0.1, 0.15) is 0 Å². The zero-order valence-electron chi connectivity index (χ0n) is 20.2. The van der Waals surface area contributed by atoms with Gasteiger partial charge in [0.15, 0.2) is 0 Å². The smallest absolute Gasteiger partial charge is 0.227 e. The highest BCUT2D eigenvalue weighted by molar-refractivity contribution is 7.16. The van der Waals surface area contributed by atoms with Crippen molar-refractivity contribution in [2.45, 2.75) is 31.1 Å². The Labute approximate surface area is 234 Å². The number of halogens is 2. The van der Waals surface area contributed by atoms with Gasteiger partial charge in [-0.25, -0.2) is 4.98 Å². The fourth-order valence-corrected chi connectivity index (χ4v) is 7.20. The summed E-state index contributed by atoms with van der Waals surface area (Å²) in [5.74, 6) is 0.188. The maximum absolute atomic E-state index is 13.4. The molecule has 1 spiro atoms. The number of thiazole rings is 2.